The fourth-order valence-corrected chi connectivity index (χ4v) is 0.999. The second kappa shape index (κ2) is 6.89. The van der Waals surface area contributed by atoms with E-state index in [0.717, 1.165) is 19.5 Å². The smallest absolute Gasteiger partial charge is 0.248 e. The van der Waals surface area contributed by atoms with Crippen LogP contribution in [0.5, 0.6) is 0 Å². The molecule has 0 heterocycles. The molecule has 3 nitrogen and oxygen atoms in total. The van der Waals surface area contributed by atoms with E-state index in [-0.39, 0.29) is 18.6 Å². The number of carbonyl (C=O) groups excluding carboxylic acids is 1. The van der Waals surface area contributed by atoms with Gasteiger partial charge in [-0.2, -0.15) is 0 Å². The first-order chi connectivity index (χ1) is 6.15. The molecule has 13 heavy (non-hydrogen) atoms. The fourth-order valence-electron chi connectivity index (χ4n) is 0.999. The first-order valence-electron chi connectivity index (χ1n) is 5.05. The van der Waals surface area contributed by atoms with E-state index in [9.17, 15) is 4.79 Å². The van der Waals surface area contributed by atoms with Gasteiger partial charge in [-0.05, 0) is 27.2 Å². The number of ether oxygens (including phenoxy) is 1. The predicted octanol–water partition coefficient (Wildman–Crippen LogP) is 1.67. The van der Waals surface area contributed by atoms with Gasteiger partial charge in [-0.3, -0.25) is 4.79 Å². The van der Waals surface area contributed by atoms with Crippen LogP contribution < -0.4 is 0 Å². The third kappa shape index (κ3) is 4.88. The Morgan fingerprint density at radius 3 is 2.23 bits per heavy atom. The Labute approximate surface area is 81.1 Å². The molecule has 0 aliphatic rings. The van der Waals surface area contributed by atoms with E-state index in [1.165, 1.54) is 0 Å². The SMILES string of the molecule is CCC(C)OCC(=O)N(CC)CC. The topological polar surface area (TPSA) is 29.5 Å². The van der Waals surface area contributed by atoms with Crippen LogP contribution in [0.1, 0.15) is 34.1 Å². The summed E-state index contributed by atoms with van der Waals surface area (Å²) < 4.78 is 5.35. The molecule has 0 radical (unpaired) electrons. The summed E-state index contributed by atoms with van der Waals surface area (Å²) in [5.41, 5.74) is 0. The lowest BCUT2D eigenvalue weighted by molar-refractivity contribution is -0.137. The molecule has 0 aliphatic carbocycles. The first-order valence-corrected chi connectivity index (χ1v) is 5.05. The third-order valence-corrected chi connectivity index (χ3v) is 2.18. The second-order valence-electron chi connectivity index (χ2n) is 3.10. The van der Waals surface area contributed by atoms with Crippen molar-refractivity contribution in [1.29, 1.82) is 0 Å². The Balaban J connectivity index is 3.72. The minimum Gasteiger partial charge on any atom is -0.369 e. The number of likely N-dealkylation sites (N-methyl/N-ethyl adjacent to an activating group) is 1. The quantitative estimate of drug-likeness (QED) is 0.633. The van der Waals surface area contributed by atoms with Gasteiger partial charge in [-0.15, -0.1) is 0 Å². The van der Waals surface area contributed by atoms with Crippen molar-refractivity contribution in [3.63, 3.8) is 0 Å². The summed E-state index contributed by atoms with van der Waals surface area (Å²) in [6, 6.07) is 0. The maximum Gasteiger partial charge on any atom is 0.248 e. The number of hydrogen-bond donors (Lipinski definition) is 0. The highest BCUT2D eigenvalue weighted by atomic mass is 16.5. The average molecular weight is 187 g/mol. The van der Waals surface area contributed by atoms with Gasteiger partial charge in [0.15, 0.2) is 0 Å². The standard InChI is InChI=1S/C10H21NO2/c1-5-9(4)13-8-10(12)11(6-2)7-3/h9H,5-8H2,1-4H3. The molecule has 0 aromatic rings. The maximum absolute atomic E-state index is 11.4. The van der Waals surface area contributed by atoms with Gasteiger partial charge in [0.05, 0.1) is 6.10 Å². The second-order valence-corrected chi connectivity index (χ2v) is 3.10. The number of hydrogen-bond acceptors (Lipinski definition) is 2. The highest BCUT2D eigenvalue weighted by molar-refractivity contribution is 5.77. The fraction of sp³-hybridized carbons (Fsp3) is 0.900. The van der Waals surface area contributed by atoms with Crippen LogP contribution in [-0.4, -0.2) is 36.6 Å². The van der Waals surface area contributed by atoms with Crippen molar-refractivity contribution in [3.8, 4) is 0 Å². The van der Waals surface area contributed by atoms with Crippen LogP contribution in [0.25, 0.3) is 0 Å². The van der Waals surface area contributed by atoms with Crippen molar-refractivity contribution in [2.75, 3.05) is 19.7 Å². The van der Waals surface area contributed by atoms with Crippen LogP contribution in [0, 0.1) is 0 Å². The van der Waals surface area contributed by atoms with Crippen LogP contribution in [0.4, 0.5) is 0 Å². The van der Waals surface area contributed by atoms with Crippen molar-refractivity contribution in [2.24, 2.45) is 0 Å². The summed E-state index contributed by atoms with van der Waals surface area (Å²) in [4.78, 5) is 13.2. The monoisotopic (exact) mass is 187 g/mol. The van der Waals surface area contributed by atoms with Crippen molar-refractivity contribution < 1.29 is 9.53 Å². The molecular weight excluding hydrogens is 166 g/mol. The predicted molar refractivity (Wildman–Crippen MR) is 53.6 cm³/mol. The molecule has 0 bridgehead atoms. The zero-order valence-corrected chi connectivity index (χ0v) is 9.17. The Bertz CT molecular complexity index is 144. The normalized spacial score (nSPS) is 12.6. The summed E-state index contributed by atoms with van der Waals surface area (Å²) in [6.45, 7) is 9.73. The molecule has 0 spiro atoms. The van der Waals surface area contributed by atoms with Crippen LogP contribution >= 0.6 is 0 Å². The van der Waals surface area contributed by atoms with Gasteiger partial charge in [0.25, 0.3) is 0 Å². The molecular formula is C10H21NO2. The lowest BCUT2D eigenvalue weighted by Gasteiger charge is -2.19. The highest BCUT2D eigenvalue weighted by Gasteiger charge is 2.10. The summed E-state index contributed by atoms with van der Waals surface area (Å²) in [6.07, 6.45) is 1.13. The van der Waals surface area contributed by atoms with E-state index in [0.29, 0.717) is 0 Å². The number of amides is 1. The van der Waals surface area contributed by atoms with Gasteiger partial charge in [-0.1, -0.05) is 6.92 Å². The Morgan fingerprint density at radius 1 is 1.31 bits per heavy atom. The molecule has 3 heteroatoms. The molecule has 1 unspecified atom stereocenters. The number of nitrogens with zero attached hydrogens (tertiary/aromatic N) is 1. The minimum absolute atomic E-state index is 0.0882. The van der Waals surface area contributed by atoms with Crippen LogP contribution in [0.3, 0.4) is 0 Å². The minimum atomic E-state index is 0.0882. The van der Waals surface area contributed by atoms with Crippen LogP contribution in [-0.2, 0) is 9.53 Å². The van der Waals surface area contributed by atoms with Gasteiger partial charge in [0.1, 0.15) is 6.61 Å². The van der Waals surface area contributed by atoms with Crippen molar-refractivity contribution >= 4 is 5.91 Å². The summed E-state index contributed by atoms with van der Waals surface area (Å²) in [7, 11) is 0. The van der Waals surface area contributed by atoms with Crippen LogP contribution in [0.15, 0.2) is 0 Å². The molecule has 1 atom stereocenters. The molecule has 0 fully saturated rings. The molecule has 0 aromatic heterocycles. The molecule has 0 saturated heterocycles. The molecule has 1 amide bonds. The number of rotatable bonds is 6. The van der Waals surface area contributed by atoms with Crippen molar-refractivity contribution in [1.82, 2.24) is 4.90 Å². The van der Waals surface area contributed by atoms with E-state index in [4.69, 9.17) is 4.74 Å². The Hall–Kier alpha value is -0.570. The van der Waals surface area contributed by atoms with Gasteiger partial charge < -0.3 is 9.64 Å². The molecule has 0 rings (SSSR count). The summed E-state index contributed by atoms with van der Waals surface area (Å²) in [5, 5.41) is 0. The van der Waals surface area contributed by atoms with E-state index < -0.39 is 0 Å². The Morgan fingerprint density at radius 2 is 1.85 bits per heavy atom. The number of carbonyl (C=O) groups is 1. The lowest BCUT2D eigenvalue weighted by Crippen LogP contribution is -2.34. The van der Waals surface area contributed by atoms with Gasteiger partial charge >= 0.3 is 0 Å². The van der Waals surface area contributed by atoms with E-state index in [1.54, 1.807) is 4.90 Å². The van der Waals surface area contributed by atoms with Crippen molar-refractivity contribution in [3.05, 3.63) is 0 Å². The summed E-state index contributed by atoms with van der Waals surface area (Å²) in [5.74, 6) is 0.0882. The molecule has 78 valence electrons. The lowest BCUT2D eigenvalue weighted by atomic mass is 10.3. The van der Waals surface area contributed by atoms with E-state index in [2.05, 4.69) is 0 Å². The van der Waals surface area contributed by atoms with E-state index >= 15 is 0 Å². The largest absolute Gasteiger partial charge is 0.369 e. The Kier molecular flexibility index (Phi) is 6.59. The molecule has 0 saturated carbocycles. The molecule has 0 N–H and O–H groups in total. The van der Waals surface area contributed by atoms with Gasteiger partial charge in [0.2, 0.25) is 5.91 Å². The third-order valence-electron chi connectivity index (χ3n) is 2.18. The molecule has 0 aromatic carbocycles. The maximum atomic E-state index is 11.4. The molecule has 0 aliphatic heterocycles. The van der Waals surface area contributed by atoms with Gasteiger partial charge in [0, 0.05) is 13.1 Å². The highest BCUT2D eigenvalue weighted by Crippen LogP contribution is 1.97. The average Bonchev–Trinajstić information content (AvgIpc) is 2.16. The van der Waals surface area contributed by atoms with Gasteiger partial charge in [-0.25, -0.2) is 0 Å². The zero-order chi connectivity index (χ0) is 10.3. The van der Waals surface area contributed by atoms with E-state index in [1.807, 2.05) is 27.7 Å². The first kappa shape index (κ1) is 12.4. The van der Waals surface area contributed by atoms with Crippen LogP contribution in [0.2, 0.25) is 0 Å². The summed E-state index contributed by atoms with van der Waals surface area (Å²) >= 11 is 0. The van der Waals surface area contributed by atoms with Crippen molar-refractivity contribution in [2.45, 2.75) is 40.2 Å². The zero-order valence-electron chi connectivity index (χ0n) is 9.17.